The third kappa shape index (κ3) is 7.02. The number of carbonyl (C=O) groups is 1. The molecule has 0 fully saturated rings. The molecule has 0 atom stereocenters. The Kier molecular flexibility index (Phi) is 6.62. The van der Waals surface area contributed by atoms with E-state index in [0.717, 1.165) is 0 Å². The molecule has 0 radical (unpaired) electrons. The zero-order chi connectivity index (χ0) is 10.6. The summed E-state index contributed by atoms with van der Waals surface area (Å²) in [6, 6.07) is 5.89. The fraction of sp³-hybridized carbons (Fsp3) is 0.400. The van der Waals surface area contributed by atoms with Crippen LogP contribution in [0.1, 0.15) is 20.8 Å². The molecule has 0 saturated carbocycles. The summed E-state index contributed by atoms with van der Waals surface area (Å²) in [6.45, 7) is 5.75. The van der Waals surface area contributed by atoms with Gasteiger partial charge in [-0.05, 0) is 20.8 Å². The minimum Gasteiger partial charge on any atom is -0.333 e. The summed E-state index contributed by atoms with van der Waals surface area (Å²) in [5, 5.41) is 5.38. The molecule has 1 aromatic heterocycles. The van der Waals surface area contributed by atoms with Crippen molar-refractivity contribution >= 4 is 11.8 Å². The number of nitrogens with one attached hydrogen (secondary N) is 2. The standard InChI is InChI=1S/C10H14N3O.K/c1-10(2,3)13-9(14)12-8-6-4-5-7-11-8;/h4,6-7H,1-3H3,(H2,11,12,13,14);/q-1;+1. The van der Waals surface area contributed by atoms with Crippen molar-refractivity contribution in [1.29, 1.82) is 0 Å². The molecule has 1 rings (SSSR count). The Hall–Kier alpha value is 0.0564. The van der Waals surface area contributed by atoms with Gasteiger partial charge in [-0.3, -0.25) is 4.98 Å². The number of rotatable bonds is 1. The molecule has 0 aromatic carbocycles. The number of amides is 2. The van der Waals surface area contributed by atoms with Crippen LogP contribution >= 0.6 is 0 Å². The van der Waals surface area contributed by atoms with Crippen LogP contribution in [0, 0.1) is 6.07 Å². The predicted octanol–water partition coefficient (Wildman–Crippen LogP) is -1.19. The van der Waals surface area contributed by atoms with Crippen LogP contribution in [0.25, 0.3) is 0 Å². The normalized spacial score (nSPS) is 10.1. The molecule has 0 aliphatic rings. The van der Waals surface area contributed by atoms with Crippen molar-refractivity contribution in [3.8, 4) is 0 Å². The Balaban J connectivity index is 0.00000196. The molecule has 0 unspecified atom stereocenters. The van der Waals surface area contributed by atoms with Gasteiger partial charge in [-0.2, -0.15) is 6.07 Å². The van der Waals surface area contributed by atoms with Gasteiger partial charge in [0.1, 0.15) is 0 Å². The molecule has 2 amide bonds. The molecule has 2 N–H and O–H groups in total. The smallest absolute Gasteiger partial charge is 0.333 e. The van der Waals surface area contributed by atoms with E-state index in [-0.39, 0.29) is 63.0 Å². The molecule has 5 heteroatoms. The van der Waals surface area contributed by atoms with Crippen molar-refractivity contribution in [1.82, 2.24) is 10.3 Å². The van der Waals surface area contributed by atoms with Crippen LogP contribution in [0.3, 0.4) is 0 Å². The van der Waals surface area contributed by atoms with E-state index in [1.165, 1.54) is 6.20 Å². The first-order valence-corrected chi connectivity index (χ1v) is 4.39. The van der Waals surface area contributed by atoms with Crippen LogP contribution in [-0.4, -0.2) is 16.6 Å². The van der Waals surface area contributed by atoms with Crippen LogP contribution in [0.4, 0.5) is 10.6 Å². The summed E-state index contributed by atoms with van der Waals surface area (Å²) in [4.78, 5) is 15.3. The molecule has 76 valence electrons. The SMILES string of the molecule is CC(C)(C)NC(=O)Nc1cc[c-]cn1.[K+]. The molecule has 0 aliphatic carbocycles. The summed E-state index contributed by atoms with van der Waals surface area (Å²) in [7, 11) is 0. The van der Waals surface area contributed by atoms with Crippen LogP contribution in [0.15, 0.2) is 18.3 Å². The van der Waals surface area contributed by atoms with E-state index in [0.29, 0.717) is 5.82 Å². The second-order valence-corrected chi connectivity index (χ2v) is 3.97. The number of aromatic nitrogens is 1. The zero-order valence-corrected chi connectivity index (χ0v) is 12.7. The quantitative estimate of drug-likeness (QED) is 0.471. The van der Waals surface area contributed by atoms with Crippen molar-refractivity contribution in [3.05, 3.63) is 24.4 Å². The first-order chi connectivity index (χ1) is 6.47. The van der Waals surface area contributed by atoms with Crippen molar-refractivity contribution in [2.75, 3.05) is 5.32 Å². The third-order valence-corrected chi connectivity index (χ3v) is 1.35. The van der Waals surface area contributed by atoms with Gasteiger partial charge < -0.3 is 10.6 Å². The molecule has 1 aromatic rings. The van der Waals surface area contributed by atoms with Crippen LogP contribution in [-0.2, 0) is 0 Å². The van der Waals surface area contributed by atoms with E-state index in [1.54, 1.807) is 12.1 Å². The summed E-state index contributed by atoms with van der Waals surface area (Å²) in [6.07, 6.45) is 1.51. The number of pyridine rings is 1. The predicted molar refractivity (Wildman–Crippen MR) is 55.0 cm³/mol. The number of nitrogens with zero attached hydrogens (tertiary/aromatic N) is 1. The van der Waals surface area contributed by atoms with Crippen molar-refractivity contribution in [3.63, 3.8) is 0 Å². The topological polar surface area (TPSA) is 54.0 Å². The third-order valence-electron chi connectivity index (χ3n) is 1.35. The van der Waals surface area contributed by atoms with Crippen molar-refractivity contribution in [2.24, 2.45) is 0 Å². The minimum atomic E-state index is -0.254. The average molecular weight is 231 g/mol. The number of hydrogen-bond acceptors (Lipinski definition) is 2. The van der Waals surface area contributed by atoms with E-state index in [9.17, 15) is 4.79 Å². The number of anilines is 1. The number of urea groups is 1. The van der Waals surface area contributed by atoms with Gasteiger partial charge in [-0.25, -0.2) is 16.9 Å². The molecule has 0 aliphatic heterocycles. The van der Waals surface area contributed by atoms with Gasteiger partial charge in [0.25, 0.3) is 0 Å². The van der Waals surface area contributed by atoms with E-state index in [4.69, 9.17) is 0 Å². The van der Waals surface area contributed by atoms with E-state index in [2.05, 4.69) is 21.7 Å². The van der Waals surface area contributed by atoms with Crippen LogP contribution in [0.2, 0.25) is 0 Å². The second-order valence-electron chi connectivity index (χ2n) is 3.97. The number of hydrogen-bond donors (Lipinski definition) is 2. The number of carbonyl (C=O) groups excluding carboxylic acids is 1. The Morgan fingerprint density at radius 1 is 1.47 bits per heavy atom. The largest absolute Gasteiger partial charge is 1.00 e. The fourth-order valence-electron chi connectivity index (χ4n) is 0.882. The molecule has 1 heterocycles. The van der Waals surface area contributed by atoms with Crippen LogP contribution < -0.4 is 62.0 Å². The molecule has 15 heavy (non-hydrogen) atoms. The van der Waals surface area contributed by atoms with Gasteiger partial charge in [0, 0.05) is 11.4 Å². The van der Waals surface area contributed by atoms with E-state index < -0.39 is 0 Å². The maximum atomic E-state index is 11.4. The molecule has 0 saturated heterocycles. The van der Waals surface area contributed by atoms with Gasteiger partial charge in [-0.1, -0.05) is 6.20 Å². The monoisotopic (exact) mass is 231 g/mol. The van der Waals surface area contributed by atoms with Crippen LogP contribution in [0.5, 0.6) is 0 Å². The van der Waals surface area contributed by atoms with Gasteiger partial charge in [0.15, 0.2) is 0 Å². The summed E-state index contributed by atoms with van der Waals surface area (Å²) in [5.41, 5.74) is -0.245. The molecular formula is C10H14KN3O. The summed E-state index contributed by atoms with van der Waals surface area (Å²) in [5.74, 6) is 0.519. The zero-order valence-electron chi connectivity index (χ0n) is 9.59. The maximum absolute atomic E-state index is 11.4. The van der Waals surface area contributed by atoms with Gasteiger partial charge in [-0.15, -0.1) is 0 Å². The Bertz CT molecular complexity index is 308. The molecular weight excluding hydrogens is 217 g/mol. The summed E-state index contributed by atoms with van der Waals surface area (Å²) < 4.78 is 0. The first kappa shape index (κ1) is 15.1. The minimum absolute atomic E-state index is 0. The molecule has 0 bridgehead atoms. The van der Waals surface area contributed by atoms with Crippen molar-refractivity contribution in [2.45, 2.75) is 26.3 Å². The van der Waals surface area contributed by atoms with Gasteiger partial charge >= 0.3 is 57.4 Å². The van der Waals surface area contributed by atoms with E-state index >= 15 is 0 Å². The fourth-order valence-corrected chi connectivity index (χ4v) is 0.882. The van der Waals surface area contributed by atoms with Crippen molar-refractivity contribution < 1.29 is 56.2 Å². The van der Waals surface area contributed by atoms with Gasteiger partial charge in [0.2, 0.25) is 0 Å². The maximum Gasteiger partial charge on any atom is 1.00 e. The Labute approximate surface area is 133 Å². The first-order valence-electron chi connectivity index (χ1n) is 4.39. The molecule has 4 nitrogen and oxygen atoms in total. The average Bonchev–Trinajstić information content (AvgIpc) is 2.02. The molecule has 0 spiro atoms. The summed E-state index contributed by atoms with van der Waals surface area (Å²) >= 11 is 0. The van der Waals surface area contributed by atoms with E-state index in [1.807, 2.05) is 20.8 Å². The Morgan fingerprint density at radius 2 is 2.13 bits per heavy atom. The second kappa shape index (κ2) is 6.60. The van der Waals surface area contributed by atoms with Gasteiger partial charge in [0.05, 0.1) is 0 Å². The Morgan fingerprint density at radius 3 is 2.60 bits per heavy atom.